The topological polar surface area (TPSA) is 58.8 Å². The maximum Gasteiger partial charge on any atom is 0.194 e. The number of phenolic OH excluding ortho intramolecular Hbond substituents is 1. The maximum absolute atomic E-state index is 14.2. The van der Waals surface area contributed by atoms with E-state index in [1.165, 1.54) is 13.2 Å². The van der Waals surface area contributed by atoms with Crippen molar-refractivity contribution in [2.24, 2.45) is 0 Å². The van der Waals surface area contributed by atoms with Crippen molar-refractivity contribution in [3.05, 3.63) is 71.6 Å². The Morgan fingerprint density at radius 1 is 1.15 bits per heavy atom. The number of pyridine rings is 1. The predicted molar refractivity (Wildman–Crippen MR) is 104 cm³/mol. The molecule has 2 N–H and O–H groups in total. The summed E-state index contributed by atoms with van der Waals surface area (Å²) < 4.78 is 21.1. The Morgan fingerprint density at radius 3 is 2.78 bits per heavy atom. The summed E-state index contributed by atoms with van der Waals surface area (Å²) in [6.07, 6.45) is 1.85. The number of nitrogens with zero attached hydrogens (tertiary/aromatic N) is 2. The van der Waals surface area contributed by atoms with E-state index in [1.807, 2.05) is 40.9 Å². The Balaban J connectivity index is 1.92. The lowest BCUT2D eigenvalue weighted by atomic mass is 10.1. The van der Waals surface area contributed by atoms with E-state index in [4.69, 9.17) is 16.3 Å². The normalized spacial score (nSPS) is 10.9. The van der Waals surface area contributed by atoms with E-state index in [0.29, 0.717) is 27.7 Å². The molecule has 7 heteroatoms. The van der Waals surface area contributed by atoms with Gasteiger partial charge in [0, 0.05) is 22.5 Å². The third-order valence-electron chi connectivity index (χ3n) is 4.14. The Morgan fingerprint density at radius 2 is 2.00 bits per heavy atom. The van der Waals surface area contributed by atoms with Crippen LogP contribution in [0.2, 0.25) is 5.02 Å². The van der Waals surface area contributed by atoms with Gasteiger partial charge in [-0.2, -0.15) is 0 Å². The molecule has 4 rings (SSSR count). The van der Waals surface area contributed by atoms with Gasteiger partial charge < -0.3 is 15.2 Å². The van der Waals surface area contributed by atoms with Gasteiger partial charge in [-0.1, -0.05) is 23.7 Å². The number of methoxy groups -OCH3 is 1. The van der Waals surface area contributed by atoms with Gasteiger partial charge in [0.1, 0.15) is 17.2 Å². The van der Waals surface area contributed by atoms with E-state index < -0.39 is 11.6 Å². The van der Waals surface area contributed by atoms with Crippen molar-refractivity contribution in [1.82, 2.24) is 9.38 Å². The number of nitrogens with one attached hydrogen (secondary N) is 1. The first-order valence-electron chi connectivity index (χ1n) is 8.13. The van der Waals surface area contributed by atoms with E-state index in [1.54, 1.807) is 18.2 Å². The van der Waals surface area contributed by atoms with Gasteiger partial charge in [0.05, 0.1) is 7.11 Å². The predicted octanol–water partition coefficient (Wildman–Crippen LogP) is 5.25. The highest BCUT2D eigenvalue weighted by Crippen LogP contribution is 2.38. The number of aromatic nitrogens is 2. The first kappa shape index (κ1) is 17.2. The molecule has 4 aromatic rings. The summed E-state index contributed by atoms with van der Waals surface area (Å²) in [6.45, 7) is 0. The van der Waals surface area contributed by atoms with Crippen LogP contribution in [0.1, 0.15) is 0 Å². The smallest absolute Gasteiger partial charge is 0.194 e. The first-order chi connectivity index (χ1) is 13.1. The molecule has 0 saturated heterocycles. The van der Waals surface area contributed by atoms with E-state index in [9.17, 15) is 9.50 Å². The van der Waals surface area contributed by atoms with Gasteiger partial charge in [0.15, 0.2) is 17.3 Å². The highest BCUT2D eigenvalue weighted by molar-refractivity contribution is 6.30. The van der Waals surface area contributed by atoms with Crippen molar-refractivity contribution in [2.45, 2.75) is 0 Å². The van der Waals surface area contributed by atoms with Crippen LogP contribution in [0.3, 0.4) is 0 Å². The molecule has 0 amide bonds. The van der Waals surface area contributed by atoms with Crippen LogP contribution in [0.4, 0.5) is 15.9 Å². The molecule has 2 aromatic carbocycles. The summed E-state index contributed by atoms with van der Waals surface area (Å²) in [5.41, 5.74) is 2.43. The molecule has 0 aliphatic carbocycles. The summed E-state index contributed by atoms with van der Waals surface area (Å²) in [5.74, 6) is -0.639. The Kier molecular flexibility index (Phi) is 4.33. The second-order valence-electron chi connectivity index (χ2n) is 5.88. The summed E-state index contributed by atoms with van der Waals surface area (Å²) >= 11 is 6.08. The zero-order valence-corrected chi connectivity index (χ0v) is 15.0. The number of phenols is 1. The fourth-order valence-electron chi connectivity index (χ4n) is 2.89. The van der Waals surface area contributed by atoms with Crippen molar-refractivity contribution < 1.29 is 14.2 Å². The zero-order chi connectivity index (χ0) is 19.0. The minimum Gasteiger partial charge on any atom is -0.502 e. The van der Waals surface area contributed by atoms with Crippen molar-refractivity contribution in [3.63, 3.8) is 0 Å². The lowest BCUT2D eigenvalue weighted by molar-refractivity contribution is 0.357. The number of halogens is 2. The fraction of sp³-hybridized carbons (Fsp3) is 0.0500. The van der Waals surface area contributed by atoms with E-state index in [2.05, 4.69) is 10.3 Å². The minimum absolute atomic E-state index is 0.0377. The molecule has 0 spiro atoms. The van der Waals surface area contributed by atoms with Crippen LogP contribution in [0, 0.1) is 5.82 Å². The van der Waals surface area contributed by atoms with E-state index in [-0.39, 0.29) is 5.75 Å². The van der Waals surface area contributed by atoms with Crippen molar-refractivity contribution in [2.75, 3.05) is 12.4 Å². The highest BCUT2D eigenvalue weighted by Gasteiger charge is 2.18. The van der Waals surface area contributed by atoms with Gasteiger partial charge in [-0.25, -0.2) is 9.37 Å². The number of anilines is 2. The molecule has 0 aliphatic rings. The van der Waals surface area contributed by atoms with Crippen LogP contribution in [0.25, 0.3) is 16.9 Å². The third-order valence-corrected chi connectivity index (χ3v) is 4.37. The number of imidazole rings is 1. The molecule has 0 aliphatic heterocycles. The summed E-state index contributed by atoms with van der Waals surface area (Å²) in [6, 6.07) is 15.6. The van der Waals surface area contributed by atoms with Gasteiger partial charge in [-0.05, 0) is 42.5 Å². The molecule has 27 heavy (non-hydrogen) atoms. The number of rotatable bonds is 4. The maximum atomic E-state index is 14.2. The molecule has 0 unspecified atom stereocenters. The van der Waals surface area contributed by atoms with Crippen LogP contribution in [-0.2, 0) is 0 Å². The molecule has 2 heterocycles. The van der Waals surface area contributed by atoms with Crippen molar-refractivity contribution in [1.29, 1.82) is 0 Å². The average molecular weight is 384 g/mol. The standard InChI is InChI=1S/C20H15ClFN3O2/c1-27-16-10-12(9-15(22)19(16)26)18-20(23-14-6-4-5-13(21)11-14)25-8-3-2-7-17(25)24-18/h2-11,23,26H,1H3. The molecule has 0 bridgehead atoms. The average Bonchev–Trinajstić information content (AvgIpc) is 3.02. The monoisotopic (exact) mass is 383 g/mol. The molecule has 5 nitrogen and oxygen atoms in total. The SMILES string of the molecule is COc1cc(-c2nc3ccccn3c2Nc2cccc(Cl)c2)cc(F)c1O. The summed E-state index contributed by atoms with van der Waals surface area (Å²) in [5, 5.41) is 13.7. The zero-order valence-electron chi connectivity index (χ0n) is 14.3. The Hall–Kier alpha value is -3.25. The van der Waals surface area contributed by atoms with Gasteiger partial charge in [-0.15, -0.1) is 0 Å². The van der Waals surface area contributed by atoms with Gasteiger partial charge >= 0.3 is 0 Å². The lowest BCUT2D eigenvalue weighted by Gasteiger charge is -2.11. The third kappa shape index (κ3) is 3.15. The van der Waals surface area contributed by atoms with Crippen LogP contribution >= 0.6 is 11.6 Å². The Labute approximate surface area is 159 Å². The molecular formula is C20H15ClFN3O2. The second kappa shape index (κ2) is 6.81. The van der Waals surface area contributed by atoms with Gasteiger partial charge in [0.2, 0.25) is 0 Å². The largest absolute Gasteiger partial charge is 0.502 e. The highest BCUT2D eigenvalue weighted by atomic mass is 35.5. The first-order valence-corrected chi connectivity index (χ1v) is 8.51. The van der Waals surface area contributed by atoms with Crippen molar-refractivity contribution >= 4 is 28.8 Å². The van der Waals surface area contributed by atoms with Gasteiger partial charge in [-0.3, -0.25) is 4.40 Å². The van der Waals surface area contributed by atoms with Crippen LogP contribution in [-0.4, -0.2) is 21.6 Å². The molecule has 0 fully saturated rings. The fourth-order valence-corrected chi connectivity index (χ4v) is 3.08. The van der Waals surface area contributed by atoms with Crippen molar-refractivity contribution in [3.8, 4) is 22.8 Å². The molecule has 0 saturated carbocycles. The van der Waals surface area contributed by atoms with Crippen LogP contribution in [0.5, 0.6) is 11.5 Å². The summed E-state index contributed by atoms with van der Waals surface area (Å²) in [4.78, 5) is 4.61. The number of aromatic hydroxyl groups is 1. The number of hydrogen-bond acceptors (Lipinski definition) is 4. The molecular weight excluding hydrogens is 369 g/mol. The van der Waals surface area contributed by atoms with Crippen LogP contribution < -0.4 is 10.1 Å². The molecule has 0 radical (unpaired) electrons. The molecule has 2 aromatic heterocycles. The number of benzene rings is 2. The van der Waals surface area contributed by atoms with Gasteiger partial charge in [0.25, 0.3) is 0 Å². The minimum atomic E-state index is -0.782. The molecule has 136 valence electrons. The van der Waals surface area contributed by atoms with Crippen LogP contribution in [0.15, 0.2) is 60.8 Å². The quantitative estimate of drug-likeness (QED) is 0.505. The molecule has 0 atom stereocenters. The number of hydrogen-bond donors (Lipinski definition) is 2. The number of ether oxygens (including phenoxy) is 1. The lowest BCUT2D eigenvalue weighted by Crippen LogP contribution is -1.97. The number of fused-ring (bicyclic) bond motifs is 1. The Bertz CT molecular complexity index is 1140. The van der Waals surface area contributed by atoms with E-state index >= 15 is 0 Å². The second-order valence-corrected chi connectivity index (χ2v) is 6.32. The summed E-state index contributed by atoms with van der Waals surface area (Å²) in [7, 11) is 1.37. The van der Waals surface area contributed by atoms with E-state index in [0.717, 1.165) is 5.69 Å².